The van der Waals surface area contributed by atoms with Crippen molar-refractivity contribution in [2.75, 3.05) is 19.0 Å². The van der Waals surface area contributed by atoms with E-state index < -0.39 is 7.37 Å². The summed E-state index contributed by atoms with van der Waals surface area (Å²) in [6.45, 7) is 3.91. The van der Waals surface area contributed by atoms with Gasteiger partial charge in [-0.2, -0.15) is 0 Å². The highest BCUT2D eigenvalue weighted by Crippen LogP contribution is 2.46. The first-order chi connectivity index (χ1) is 6.03. The zero-order chi connectivity index (χ0) is 9.90. The van der Waals surface area contributed by atoms with Gasteiger partial charge < -0.3 is 10.3 Å². The van der Waals surface area contributed by atoms with Gasteiger partial charge in [-0.15, -0.1) is 11.3 Å². The molecule has 2 N–H and O–H groups in total. The van der Waals surface area contributed by atoms with Gasteiger partial charge in [0.25, 0.3) is 0 Å². The zero-order valence-corrected chi connectivity index (χ0v) is 9.40. The van der Waals surface area contributed by atoms with Crippen LogP contribution in [0.4, 0.5) is 5.13 Å². The maximum Gasteiger partial charge on any atom is 0.206 e. The van der Waals surface area contributed by atoms with Gasteiger partial charge in [0.15, 0.2) is 5.13 Å². The summed E-state index contributed by atoms with van der Waals surface area (Å²) in [5.74, 6) is 0. The molecule has 0 aliphatic rings. The first-order valence-corrected chi connectivity index (χ1v) is 7.08. The van der Waals surface area contributed by atoms with Crippen LogP contribution in [0.1, 0.15) is 12.6 Å². The molecule has 4 nitrogen and oxygen atoms in total. The Bertz CT molecular complexity index is 326. The summed E-state index contributed by atoms with van der Waals surface area (Å²) in [6, 6.07) is 0. The Morgan fingerprint density at radius 2 is 2.46 bits per heavy atom. The minimum absolute atomic E-state index is 0.370. The lowest BCUT2D eigenvalue weighted by Crippen LogP contribution is -1.93. The number of rotatable bonds is 4. The number of anilines is 1. The van der Waals surface area contributed by atoms with Crippen molar-refractivity contribution in [3.8, 4) is 0 Å². The Labute approximate surface area is 81.6 Å². The molecule has 74 valence electrons. The molecule has 0 spiro atoms. The SMILES string of the molecule is CCO[P@](C)(=O)Cc1csc(N)n1. The largest absolute Gasteiger partial charge is 0.375 e. The van der Waals surface area contributed by atoms with Crippen LogP contribution in [-0.4, -0.2) is 18.3 Å². The fourth-order valence-electron chi connectivity index (χ4n) is 1.01. The van der Waals surface area contributed by atoms with E-state index in [2.05, 4.69) is 4.98 Å². The van der Waals surface area contributed by atoms with E-state index >= 15 is 0 Å². The van der Waals surface area contributed by atoms with Gasteiger partial charge in [-0.1, -0.05) is 0 Å². The standard InChI is InChI=1S/C7H13N2O2PS/c1-3-11-12(2,10)4-6-5-13-7(8)9-6/h5H,3-4H2,1-2H3,(H2,8,9)/t12-/m0/s1. The van der Waals surface area contributed by atoms with Crippen LogP contribution in [0.5, 0.6) is 0 Å². The topological polar surface area (TPSA) is 65.2 Å². The van der Waals surface area contributed by atoms with E-state index in [0.29, 0.717) is 17.9 Å². The molecular formula is C7H13N2O2PS. The van der Waals surface area contributed by atoms with Crippen LogP contribution in [0.15, 0.2) is 5.38 Å². The first-order valence-electron chi connectivity index (χ1n) is 3.94. The molecule has 0 fully saturated rings. The molecule has 0 aromatic carbocycles. The average molecular weight is 220 g/mol. The molecule has 0 saturated heterocycles. The van der Waals surface area contributed by atoms with E-state index in [0.717, 1.165) is 5.69 Å². The van der Waals surface area contributed by atoms with Crippen LogP contribution in [0.2, 0.25) is 0 Å². The number of nitrogen functional groups attached to an aromatic ring is 1. The molecular weight excluding hydrogens is 207 g/mol. The van der Waals surface area contributed by atoms with Crippen LogP contribution in [0.25, 0.3) is 0 Å². The molecule has 0 bridgehead atoms. The third kappa shape index (κ3) is 3.46. The van der Waals surface area contributed by atoms with Crippen molar-refractivity contribution in [3.63, 3.8) is 0 Å². The molecule has 1 aromatic rings. The summed E-state index contributed by atoms with van der Waals surface area (Å²) in [5.41, 5.74) is 6.20. The number of thiazole rings is 1. The van der Waals surface area contributed by atoms with Crippen molar-refractivity contribution in [2.45, 2.75) is 13.1 Å². The summed E-state index contributed by atoms with van der Waals surface area (Å²) >= 11 is 1.35. The van der Waals surface area contributed by atoms with Gasteiger partial charge in [-0.05, 0) is 6.92 Å². The quantitative estimate of drug-likeness (QED) is 0.790. The fraction of sp³-hybridized carbons (Fsp3) is 0.571. The molecule has 0 amide bonds. The summed E-state index contributed by atoms with van der Waals surface area (Å²) < 4.78 is 16.8. The monoisotopic (exact) mass is 220 g/mol. The van der Waals surface area contributed by atoms with Gasteiger partial charge in [-0.3, -0.25) is 4.57 Å². The second kappa shape index (κ2) is 4.22. The second-order valence-corrected chi connectivity index (χ2v) is 6.26. The summed E-state index contributed by atoms with van der Waals surface area (Å²) in [4.78, 5) is 4.02. The minimum Gasteiger partial charge on any atom is -0.375 e. The molecule has 1 aromatic heterocycles. The van der Waals surface area contributed by atoms with E-state index in [1.807, 2.05) is 12.3 Å². The highest BCUT2D eigenvalue weighted by Gasteiger charge is 2.17. The lowest BCUT2D eigenvalue weighted by molar-refractivity contribution is 0.336. The predicted molar refractivity (Wildman–Crippen MR) is 55.4 cm³/mol. The van der Waals surface area contributed by atoms with Crippen molar-refractivity contribution >= 4 is 23.8 Å². The highest BCUT2D eigenvalue weighted by molar-refractivity contribution is 7.57. The number of nitrogens with zero attached hydrogens (tertiary/aromatic N) is 1. The molecule has 0 aliphatic heterocycles. The summed E-state index contributed by atoms with van der Waals surface area (Å²) in [7, 11) is -2.51. The van der Waals surface area contributed by atoms with Crippen LogP contribution in [0.3, 0.4) is 0 Å². The third-order valence-corrected chi connectivity index (χ3v) is 3.85. The lowest BCUT2D eigenvalue weighted by atomic mass is 10.6. The Morgan fingerprint density at radius 3 is 2.92 bits per heavy atom. The van der Waals surface area contributed by atoms with Gasteiger partial charge >= 0.3 is 0 Å². The smallest absolute Gasteiger partial charge is 0.206 e. The Balaban J connectivity index is 2.63. The van der Waals surface area contributed by atoms with Crippen molar-refractivity contribution < 1.29 is 9.09 Å². The van der Waals surface area contributed by atoms with Crippen molar-refractivity contribution in [2.24, 2.45) is 0 Å². The van der Waals surface area contributed by atoms with Crippen molar-refractivity contribution in [1.29, 1.82) is 0 Å². The third-order valence-electron chi connectivity index (χ3n) is 1.42. The number of hydrogen-bond acceptors (Lipinski definition) is 5. The Hall–Kier alpha value is -0.380. The van der Waals surface area contributed by atoms with Crippen molar-refractivity contribution in [1.82, 2.24) is 4.98 Å². The molecule has 13 heavy (non-hydrogen) atoms. The summed E-state index contributed by atoms with van der Waals surface area (Å²) in [6.07, 6.45) is 0.370. The van der Waals surface area contributed by atoms with Crippen LogP contribution < -0.4 is 5.73 Å². The fourth-order valence-corrected chi connectivity index (χ4v) is 3.08. The van der Waals surface area contributed by atoms with Crippen LogP contribution in [-0.2, 0) is 15.3 Å². The van der Waals surface area contributed by atoms with Gasteiger partial charge in [0.1, 0.15) is 0 Å². The molecule has 1 rings (SSSR count). The average Bonchev–Trinajstić information content (AvgIpc) is 2.34. The lowest BCUT2D eigenvalue weighted by Gasteiger charge is -2.10. The van der Waals surface area contributed by atoms with Gasteiger partial charge in [0.05, 0.1) is 18.5 Å². The van der Waals surface area contributed by atoms with E-state index in [1.54, 1.807) is 6.66 Å². The van der Waals surface area contributed by atoms with Crippen LogP contribution in [0, 0.1) is 0 Å². The molecule has 0 radical (unpaired) electrons. The van der Waals surface area contributed by atoms with Gasteiger partial charge in [-0.25, -0.2) is 4.98 Å². The molecule has 6 heteroatoms. The highest BCUT2D eigenvalue weighted by atomic mass is 32.1. The Kier molecular flexibility index (Phi) is 3.47. The van der Waals surface area contributed by atoms with E-state index in [-0.39, 0.29) is 0 Å². The normalized spacial score (nSPS) is 15.5. The maximum absolute atomic E-state index is 11.7. The predicted octanol–water partition coefficient (Wildman–Crippen LogP) is 2.17. The van der Waals surface area contributed by atoms with E-state index in [4.69, 9.17) is 10.3 Å². The number of aromatic nitrogens is 1. The molecule has 0 unspecified atom stereocenters. The Morgan fingerprint density at radius 1 is 1.77 bits per heavy atom. The minimum atomic E-state index is -2.51. The zero-order valence-electron chi connectivity index (χ0n) is 7.69. The number of nitrogens with two attached hydrogens (primary N) is 1. The molecule has 1 heterocycles. The second-order valence-electron chi connectivity index (χ2n) is 2.77. The number of hydrogen-bond donors (Lipinski definition) is 1. The molecule has 0 aliphatic carbocycles. The first kappa shape index (κ1) is 10.7. The molecule has 1 atom stereocenters. The van der Waals surface area contributed by atoms with Gasteiger partial charge in [0, 0.05) is 12.0 Å². The van der Waals surface area contributed by atoms with E-state index in [1.165, 1.54) is 11.3 Å². The van der Waals surface area contributed by atoms with E-state index in [9.17, 15) is 4.57 Å². The van der Waals surface area contributed by atoms with Crippen LogP contribution >= 0.6 is 18.7 Å². The van der Waals surface area contributed by atoms with Gasteiger partial charge in [0.2, 0.25) is 7.37 Å². The molecule has 0 saturated carbocycles. The van der Waals surface area contributed by atoms with Crippen molar-refractivity contribution in [3.05, 3.63) is 11.1 Å². The maximum atomic E-state index is 11.7. The summed E-state index contributed by atoms with van der Waals surface area (Å²) in [5, 5.41) is 2.32.